The third-order valence-electron chi connectivity index (χ3n) is 2.83. The van der Waals surface area contributed by atoms with Crippen LogP contribution in [0.4, 0.5) is 13.2 Å². The number of carboxylic acid groups (broad SMARTS) is 1. The second-order valence-corrected chi connectivity index (χ2v) is 4.70. The second kappa shape index (κ2) is 5.77. The summed E-state index contributed by atoms with van der Waals surface area (Å²) in [5.74, 6) is -2.02. The molecule has 0 saturated carbocycles. The van der Waals surface area contributed by atoms with E-state index in [0.717, 1.165) is 0 Å². The molecule has 8 heteroatoms. The molecule has 1 fully saturated rings. The SMILES string of the molecule is CC(C)N(CC(F)(F)F)C(=O)[C@@H]1CC[C@H](C(=O)O)O1. The highest BCUT2D eigenvalue weighted by Gasteiger charge is 2.41. The zero-order valence-corrected chi connectivity index (χ0v) is 10.6. The first-order valence-corrected chi connectivity index (χ1v) is 5.87. The lowest BCUT2D eigenvalue weighted by molar-refractivity contribution is -0.173. The number of ether oxygens (including phenoxy) is 1. The van der Waals surface area contributed by atoms with Crippen molar-refractivity contribution in [2.45, 2.75) is 51.1 Å². The zero-order chi connectivity index (χ0) is 14.8. The molecule has 0 aromatic carbocycles. The second-order valence-electron chi connectivity index (χ2n) is 4.70. The Balaban J connectivity index is 2.71. The Morgan fingerprint density at radius 1 is 1.32 bits per heavy atom. The summed E-state index contributed by atoms with van der Waals surface area (Å²) in [5, 5.41) is 8.72. The summed E-state index contributed by atoms with van der Waals surface area (Å²) in [6, 6.07) is -0.637. The minimum absolute atomic E-state index is 0.122. The highest BCUT2D eigenvalue weighted by Crippen LogP contribution is 2.25. The van der Waals surface area contributed by atoms with Crippen molar-refractivity contribution >= 4 is 11.9 Å². The summed E-state index contributed by atoms with van der Waals surface area (Å²) in [5.41, 5.74) is 0. The van der Waals surface area contributed by atoms with Gasteiger partial charge < -0.3 is 14.7 Å². The van der Waals surface area contributed by atoms with Crippen LogP contribution in [0.1, 0.15) is 26.7 Å². The van der Waals surface area contributed by atoms with E-state index in [1.165, 1.54) is 13.8 Å². The molecule has 0 spiro atoms. The number of nitrogens with zero attached hydrogens (tertiary/aromatic N) is 1. The summed E-state index contributed by atoms with van der Waals surface area (Å²) >= 11 is 0. The molecule has 1 saturated heterocycles. The lowest BCUT2D eigenvalue weighted by atomic mass is 10.1. The molecule has 1 amide bonds. The number of hydrogen-bond acceptors (Lipinski definition) is 3. The molecule has 0 unspecified atom stereocenters. The molecule has 0 aromatic heterocycles. The molecule has 2 atom stereocenters. The third-order valence-corrected chi connectivity index (χ3v) is 2.83. The number of rotatable bonds is 4. The van der Waals surface area contributed by atoms with E-state index in [1.807, 2.05) is 0 Å². The van der Waals surface area contributed by atoms with Crippen LogP contribution in [0, 0.1) is 0 Å². The highest BCUT2D eigenvalue weighted by atomic mass is 19.4. The van der Waals surface area contributed by atoms with Crippen LogP contribution >= 0.6 is 0 Å². The fourth-order valence-electron chi connectivity index (χ4n) is 1.89. The molecule has 0 aliphatic carbocycles. The number of hydrogen-bond donors (Lipinski definition) is 1. The predicted octanol–water partition coefficient (Wildman–Crippen LogP) is 1.42. The van der Waals surface area contributed by atoms with Crippen molar-refractivity contribution in [3.8, 4) is 0 Å². The summed E-state index contributed by atoms with van der Waals surface area (Å²) < 4.78 is 42.1. The van der Waals surface area contributed by atoms with E-state index in [9.17, 15) is 22.8 Å². The lowest BCUT2D eigenvalue weighted by Crippen LogP contribution is -2.48. The molecular weight excluding hydrogens is 267 g/mol. The first-order valence-electron chi connectivity index (χ1n) is 5.87. The summed E-state index contributed by atoms with van der Waals surface area (Å²) in [7, 11) is 0. The molecule has 1 aliphatic rings. The van der Waals surface area contributed by atoms with Gasteiger partial charge in [-0.15, -0.1) is 0 Å². The molecule has 110 valence electrons. The van der Waals surface area contributed by atoms with E-state index < -0.39 is 42.8 Å². The van der Waals surface area contributed by atoms with Gasteiger partial charge in [0.2, 0.25) is 0 Å². The number of halogens is 3. The minimum atomic E-state index is -4.50. The fraction of sp³-hybridized carbons (Fsp3) is 0.818. The van der Waals surface area contributed by atoms with E-state index in [4.69, 9.17) is 9.84 Å². The minimum Gasteiger partial charge on any atom is -0.479 e. The highest BCUT2D eigenvalue weighted by molar-refractivity contribution is 5.83. The molecule has 5 nitrogen and oxygen atoms in total. The van der Waals surface area contributed by atoms with Crippen molar-refractivity contribution in [2.75, 3.05) is 6.54 Å². The molecule has 1 aliphatic heterocycles. The zero-order valence-electron chi connectivity index (χ0n) is 10.6. The molecule has 0 aromatic rings. The van der Waals surface area contributed by atoms with Gasteiger partial charge in [-0.2, -0.15) is 13.2 Å². The van der Waals surface area contributed by atoms with E-state index in [0.29, 0.717) is 4.90 Å². The Labute approximate surface area is 108 Å². The molecule has 0 radical (unpaired) electrons. The number of carbonyl (C=O) groups excluding carboxylic acids is 1. The molecule has 1 heterocycles. The number of amides is 1. The van der Waals surface area contributed by atoms with E-state index in [2.05, 4.69) is 0 Å². The summed E-state index contributed by atoms with van der Waals surface area (Å²) in [6.45, 7) is 1.57. The topological polar surface area (TPSA) is 66.8 Å². The predicted molar refractivity (Wildman–Crippen MR) is 58.4 cm³/mol. The average Bonchev–Trinajstić information content (AvgIpc) is 2.72. The van der Waals surface area contributed by atoms with Crippen LogP contribution in [0.25, 0.3) is 0 Å². The van der Waals surface area contributed by atoms with Gasteiger partial charge in [0.1, 0.15) is 12.6 Å². The number of alkyl halides is 3. The third kappa shape index (κ3) is 4.38. The number of carbonyl (C=O) groups is 2. The lowest BCUT2D eigenvalue weighted by Gasteiger charge is -2.29. The van der Waals surface area contributed by atoms with Gasteiger partial charge >= 0.3 is 12.1 Å². The van der Waals surface area contributed by atoms with Crippen LogP contribution in [0.2, 0.25) is 0 Å². The maximum atomic E-state index is 12.4. The van der Waals surface area contributed by atoms with Gasteiger partial charge in [0.05, 0.1) is 0 Å². The molecule has 1 N–H and O–H groups in total. The van der Waals surface area contributed by atoms with Crippen molar-refractivity contribution in [3.63, 3.8) is 0 Å². The summed E-state index contributed by atoms with van der Waals surface area (Å²) in [6.07, 6.45) is -6.47. The van der Waals surface area contributed by atoms with Crippen molar-refractivity contribution in [1.29, 1.82) is 0 Å². The Hall–Kier alpha value is -1.31. The monoisotopic (exact) mass is 283 g/mol. The maximum Gasteiger partial charge on any atom is 0.406 e. The van der Waals surface area contributed by atoms with Crippen LogP contribution in [-0.4, -0.2) is 52.9 Å². The first kappa shape index (κ1) is 15.7. The van der Waals surface area contributed by atoms with Gasteiger partial charge in [-0.1, -0.05) is 0 Å². The molecular formula is C11H16F3NO4. The Bertz CT molecular complexity index is 356. The molecule has 0 bridgehead atoms. The van der Waals surface area contributed by atoms with Crippen molar-refractivity contribution < 1.29 is 32.6 Å². The molecule has 1 rings (SSSR count). The summed E-state index contributed by atoms with van der Waals surface area (Å²) in [4.78, 5) is 23.3. The van der Waals surface area contributed by atoms with Gasteiger partial charge in [-0.25, -0.2) is 4.79 Å². The maximum absolute atomic E-state index is 12.4. The van der Waals surface area contributed by atoms with Crippen molar-refractivity contribution in [1.82, 2.24) is 4.90 Å². The van der Waals surface area contributed by atoms with E-state index in [1.54, 1.807) is 0 Å². The van der Waals surface area contributed by atoms with Crippen LogP contribution in [0.5, 0.6) is 0 Å². The van der Waals surface area contributed by atoms with Gasteiger partial charge in [0.15, 0.2) is 6.10 Å². The van der Waals surface area contributed by atoms with E-state index >= 15 is 0 Å². The van der Waals surface area contributed by atoms with Crippen molar-refractivity contribution in [3.05, 3.63) is 0 Å². The normalized spacial score (nSPS) is 23.7. The standard InChI is InChI=1S/C11H16F3NO4/c1-6(2)15(5-11(12,13)14)9(16)7-3-4-8(19-7)10(17)18/h6-8H,3-5H2,1-2H3,(H,17,18)/t7-,8+/m0/s1. The Kier molecular flexibility index (Phi) is 4.78. The van der Waals surface area contributed by atoms with Crippen LogP contribution < -0.4 is 0 Å². The van der Waals surface area contributed by atoms with Gasteiger partial charge in [0, 0.05) is 6.04 Å². The van der Waals surface area contributed by atoms with E-state index in [-0.39, 0.29) is 12.8 Å². The Morgan fingerprint density at radius 2 is 1.84 bits per heavy atom. The van der Waals surface area contributed by atoms with Crippen LogP contribution in [-0.2, 0) is 14.3 Å². The van der Waals surface area contributed by atoms with Crippen molar-refractivity contribution in [2.24, 2.45) is 0 Å². The van der Waals surface area contributed by atoms with Crippen LogP contribution in [0.3, 0.4) is 0 Å². The van der Waals surface area contributed by atoms with Gasteiger partial charge in [-0.3, -0.25) is 4.79 Å². The average molecular weight is 283 g/mol. The van der Waals surface area contributed by atoms with Gasteiger partial charge in [-0.05, 0) is 26.7 Å². The molecule has 19 heavy (non-hydrogen) atoms. The smallest absolute Gasteiger partial charge is 0.406 e. The van der Waals surface area contributed by atoms with Crippen LogP contribution in [0.15, 0.2) is 0 Å². The largest absolute Gasteiger partial charge is 0.479 e. The first-order chi connectivity index (χ1) is 8.61. The number of aliphatic carboxylic acids is 1. The Morgan fingerprint density at radius 3 is 2.21 bits per heavy atom. The quantitative estimate of drug-likeness (QED) is 0.847. The van der Waals surface area contributed by atoms with Gasteiger partial charge in [0.25, 0.3) is 5.91 Å². The fourth-order valence-corrected chi connectivity index (χ4v) is 1.89. The number of carboxylic acids is 1.